The molecular weight excluding hydrogens is 196 g/mol. The topological polar surface area (TPSA) is 9.23 Å². The molecule has 1 rings (SSSR count). The van der Waals surface area contributed by atoms with Gasteiger partial charge in [0.25, 0.3) is 0 Å². The molecule has 1 heteroatoms. The van der Waals surface area contributed by atoms with Gasteiger partial charge in [-0.3, -0.25) is 0 Å². The van der Waals surface area contributed by atoms with E-state index in [1.54, 1.807) is 0 Å². The van der Waals surface area contributed by atoms with Crippen LogP contribution in [0, 0.1) is 0 Å². The molecule has 0 aromatic heterocycles. The lowest BCUT2D eigenvalue weighted by Gasteiger charge is -2.25. The zero-order valence-corrected chi connectivity index (χ0v) is 11.4. The fourth-order valence-corrected chi connectivity index (χ4v) is 1.53. The van der Waals surface area contributed by atoms with E-state index in [1.807, 2.05) is 0 Å². The Kier molecular flexibility index (Phi) is 3.67. The Morgan fingerprint density at radius 2 is 1.44 bits per heavy atom. The fourth-order valence-electron chi connectivity index (χ4n) is 1.53. The van der Waals surface area contributed by atoms with Crippen molar-refractivity contribution in [3.8, 4) is 5.75 Å². The van der Waals surface area contributed by atoms with Crippen molar-refractivity contribution in [1.29, 1.82) is 0 Å². The average molecular weight is 220 g/mol. The number of ether oxygens (including phenoxy) is 1. The van der Waals surface area contributed by atoms with E-state index in [1.165, 1.54) is 5.56 Å². The van der Waals surface area contributed by atoms with Crippen molar-refractivity contribution in [2.45, 2.75) is 59.0 Å². The van der Waals surface area contributed by atoms with E-state index in [9.17, 15) is 0 Å². The van der Waals surface area contributed by atoms with Crippen LogP contribution in [0.2, 0.25) is 0 Å². The number of rotatable bonds is 3. The third-order valence-corrected chi connectivity index (χ3v) is 2.94. The summed E-state index contributed by atoms with van der Waals surface area (Å²) >= 11 is 0. The number of hydrogen-bond acceptors (Lipinski definition) is 1. The molecule has 0 amide bonds. The van der Waals surface area contributed by atoms with Gasteiger partial charge >= 0.3 is 0 Å². The summed E-state index contributed by atoms with van der Waals surface area (Å²) in [5.41, 5.74) is 1.50. The van der Waals surface area contributed by atoms with Gasteiger partial charge in [-0.05, 0) is 50.3 Å². The van der Waals surface area contributed by atoms with Gasteiger partial charge in [0.1, 0.15) is 11.4 Å². The van der Waals surface area contributed by atoms with Crippen molar-refractivity contribution in [3.63, 3.8) is 0 Å². The Morgan fingerprint density at radius 1 is 0.938 bits per heavy atom. The maximum Gasteiger partial charge on any atom is 0.120 e. The van der Waals surface area contributed by atoms with Gasteiger partial charge in [0.15, 0.2) is 0 Å². The van der Waals surface area contributed by atoms with Crippen LogP contribution in [-0.2, 0) is 5.41 Å². The fraction of sp³-hybridized carbons (Fsp3) is 0.600. The molecule has 1 aromatic rings. The highest BCUT2D eigenvalue weighted by molar-refractivity contribution is 5.31. The standard InChI is InChI=1S/C15H24O/c1-7-15(5,6)12-8-10-13(11-9-12)16-14(2,3)4/h8-11H,7H2,1-6H3. The van der Waals surface area contributed by atoms with E-state index in [2.05, 4.69) is 65.8 Å². The summed E-state index contributed by atoms with van der Waals surface area (Å²) in [5.74, 6) is 0.947. The zero-order valence-electron chi connectivity index (χ0n) is 11.4. The Hall–Kier alpha value is -0.980. The Morgan fingerprint density at radius 3 is 1.81 bits per heavy atom. The lowest BCUT2D eigenvalue weighted by Crippen LogP contribution is -2.23. The van der Waals surface area contributed by atoms with Crippen LogP contribution >= 0.6 is 0 Å². The molecule has 0 saturated heterocycles. The minimum atomic E-state index is -0.123. The van der Waals surface area contributed by atoms with Crippen molar-refractivity contribution in [1.82, 2.24) is 0 Å². The molecule has 1 aromatic carbocycles. The second kappa shape index (κ2) is 4.48. The van der Waals surface area contributed by atoms with Gasteiger partial charge < -0.3 is 4.74 Å². The van der Waals surface area contributed by atoms with Crippen LogP contribution in [0.1, 0.15) is 53.5 Å². The number of benzene rings is 1. The Labute approximate surface area is 99.8 Å². The lowest BCUT2D eigenvalue weighted by atomic mass is 9.82. The molecule has 0 aliphatic carbocycles. The molecule has 90 valence electrons. The van der Waals surface area contributed by atoms with Crippen LogP contribution in [0.3, 0.4) is 0 Å². The molecule has 0 aliphatic heterocycles. The minimum absolute atomic E-state index is 0.123. The maximum atomic E-state index is 5.80. The summed E-state index contributed by atoms with van der Waals surface area (Å²) in [6.07, 6.45) is 1.15. The first kappa shape index (κ1) is 13.1. The van der Waals surface area contributed by atoms with Crippen LogP contribution in [0.15, 0.2) is 24.3 Å². The predicted molar refractivity (Wildman–Crippen MR) is 70.1 cm³/mol. The van der Waals surface area contributed by atoms with Gasteiger partial charge in [-0.15, -0.1) is 0 Å². The summed E-state index contributed by atoms with van der Waals surface area (Å²) in [5, 5.41) is 0. The van der Waals surface area contributed by atoms with Crippen LogP contribution in [0.5, 0.6) is 5.75 Å². The Balaban J connectivity index is 2.84. The van der Waals surface area contributed by atoms with E-state index in [0.29, 0.717) is 0 Å². The van der Waals surface area contributed by atoms with Crippen molar-refractivity contribution < 1.29 is 4.74 Å². The van der Waals surface area contributed by atoms with Gasteiger partial charge in [0.2, 0.25) is 0 Å². The molecule has 0 radical (unpaired) electrons. The third kappa shape index (κ3) is 3.55. The molecule has 1 nitrogen and oxygen atoms in total. The van der Waals surface area contributed by atoms with Crippen molar-refractivity contribution in [2.75, 3.05) is 0 Å². The summed E-state index contributed by atoms with van der Waals surface area (Å²) in [4.78, 5) is 0. The molecule has 0 N–H and O–H groups in total. The smallest absolute Gasteiger partial charge is 0.120 e. The third-order valence-electron chi connectivity index (χ3n) is 2.94. The molecule has 0 bridgehead atoms. The van der Waals surface area contributed by atoms with Crippen LogP contribution < -0.4 is 4.74 Å². The highest BCUT2D eigenvalue weighted by Gasteiger charge is 2.18. The van der Waals surface area contributed by atoms with Gasteiger partial charge in [-0.25, -0.2) is 0 Å². The summed E-state index contributed by atoms with van der Waals surface area (Å²) in [6, 6.07) is 8.48. The lowest BCUT2D eigenvalue weighted by molar-refractivity contribution is 0.131. The monoisotopic (exact) mass is 220 g/mol. The molecule has 0 aliphatic rings. The van der Waals surface area contributed by atoms with Gasteiger partial charge in [0, 0.05) is 0 Å². The highest BCUT2D eigenvalue weighted by atomic mass is 16.5. The van der Waals surface area contributed by atoms with Crippen LogP contribution in [-0.4, -0.2) is 5.60 Å². The molecule has 0 spiro atoms. The Bertz CT molecular complexity index is 327. The van der Waals surface area contributed by atoms with E-state index in [-0.39, 0.29) is 11.0 Å². The summed E-state index contributed by atoms with van der Waals surface area (Å²) < 4.78 is 5.80. The van der Waals surface area contributed by atoms with E-state index in [4.69, 9.17) is 4.74 Å². The average Bonchev–Trinajstić information content (AvgIpc) is 2.16. The molecule has 0 fully saturated rings. The van der Waals surface area contributed by atoms with Gasteiger partial charge in [-0.1, -0.05) is 32.9 Å². The van der Waals surface area contributed by atoms with Crippen molar-refractivity contribution in [3.05, 3.63) is 29.8 Å². The first-order valence-corrected chi connectivity index (χ1v) is 6.04. The second-order valence-corrected chi connectivity index (χ2v) is 5.98. The van der Waals surface area contributed by atoms with E-state index < -0.39 is 0 Å². The molecule has 0 heterocycles. The number of hydrogen-bond donors (Lipinski definition) is 0. The summed E-state index contributed by atoms with van der Waals surface area (Å²) in [7, 11) is 0. The quantitative estimate of drug-likeness (QED) is 0.726. The van der Waals surface area contributed by atoms with Gasteiger partial charge in [-0.2, -0.15) is 0 Å². The molecule has 0 saturated carbocycles. The maximum absolute atomic E-state index is 5.80. The normalized spacial score (nSPS) is 12.6. The second-order valence-electron chi connectivity index (χ2n) is 5.98. The van der Waals surface area contributed by atoms with E-state index >= 15 is 0 Å². The minimum Gasteiger partial charge on any atom is -0.488 e. The SMILES string of the molecule is CCC(C)(C)c1ccc(OC(C)(C)C)cc1. The highest BCUT2D eigenvalue weighted by Crippen LogP contribution is 2.28. The summed E-state index contributed by atoms with van der Waals surface area (Å²) in [6.45, 7) is 13.0. The zero-order chi connectivity index (χ0) is 12.4. The predicted octanol–water partition coefficient (Wildman–Crippen LogP) is 4.55. The molecule has 0 atom stereocenters. The first-order chi connectivity index (χ1) is 7.24. The first-order valence-electron chi connectivity index (χ1n) is 6.04. The van der Waals surface area contributed by atoms with Gasteiger partial charge in [0.05, 0.1) is 0 Å². The molecule has 0 unspecified atom stereocenters. The molecular formula is C15H24O. The van der Waals surface area contributed by atoms with Crippen LogP contribution in [0.4, 0.5) is 0 Å². The van der Waals surface area contributed by atoms with Crippen molar-refractivity contribution in [2.24, 2.45) is 0 Å². The van der Waals surface area contributed by atoms with Crippen molar-refractivity contribution >= 4 is 0 Å². The largest absolute Gasteiger partial charge is 0.488 e. The van der Waals surface area contributed by atoms with E-state index in [0.717, 1.165) is 12.2 Å². The molecule has 16 heavy (non-hydrogen) atoms. The van der Waals surface area contributed by atoms with Crippen LogP contribution in [0.25, 0.3) is 0 Å².